The second-order valence-electron chi connectivity index (χ2n) is 7.41. The highest BCUT2D eigenvalue weighted by Crippen LogP contribution is 2.42. The summed E-state index contributed by atoms with van der Waals surface area (Å²) in [5.74, 6) is -3.91. The third-order valence-electron chi connectivity index (χ3n) is 5.35. The Morgan fingerprint density at radius 3 is 2.31 bits per heavy atom. The minimum absolute atomic E-state index is 0.00582. The average molecular weight is 435 g/mol. The molecule has 0 spiro atoms. The van der Waals surface area contributed by atoms with Gasteiger partial charge < -0.3 is 9.84 Å². The molecule has 5 nitrogen and oxygen atoms in total. The molecule has 1 saturated heterocycles. The highest BCUT2D eigenvalue weighted by atomic mass is 19.2. The summed E-state index contributed by atoms with van der Waals surface area (Å²) in [5.41, 5.74) is 1.58. The minimum atomic E-state index is -1.15. The lowest BCUT2D eigenvalue weighted by molar-refractivity contribution is -0.132. The molecule has 4 rings (SSSR count). The first kappa shape index (κ1) is 21.2. The number of nitrogens with zero attached hydrogens (tertiary/aromatic N) is 1. The lowest BCUT2D eigenvalue weighted by Gasteiger charge is -2.25. The third-order valence-corrected chi connectivity index (χ3v) is 5.35. The van der Waals surface area contributed by atoms with Gasteiger partial charge >= 0.3 is 0 Å². The summed E-state index contributed by atoms with van der Waals surface area (Å²) in [4.78, 5) is 27.1. The van der Waals surface area contributed by atoms with Gasteiger partial charge in [0.25, 0.3) is 11.7 Å². The number of anilines is 1. The molecule has 0 bridgehead atoms. The van der Waals surface area contributed by atoms with Crippen LogP contribution >= 0.6 is 0 Å². The van der Waals surface area contributed by atoms with E-state index < -0.39 is 29.4 Å². The number of hydrogen-bond acceptors (Lipinski definition) is 4. The van der Waals surface area contributed by atoms with Gasteiger partial charge in [-0.3, -0.25) is 14.5 Å². The first-order chi connectivity index (χ1) is 15.3. The van der Waals surface area contributed by atoms with Crippen LogP contribution in [0.2, 0.25) is 0 Å². The zero-order chi connectivity index (χ0) is 23.0. The maximum absolute atomic E-state index is 14.0. The van der Waals surface area contributed by atoms with Crippen LogP contribution in [0.4, 0.5) is 14.5 Å². The fourth-order valence-corrected chi connectivity index (χ4v) is 3.79. The predicted molar refractivity (Wildman–Crippen MR) is 115 cm³/mol. The van der Waals surface area contributed by atoms with Crippen LogP contribution in [0.1, 0.15) is 22.7 Å². The Hall–Kier alpha value is -4.00. The van der Waals surface area contributed by atoms with E-state index in [2.05, 4.69) is 0 Å². The summed E-state index contributed by atoms with van der Waals surface area (Å²) in [5, 5.41) is 11.0. The molecule has 162 valence electrons. The molecule has 0 aromatic heterocycles. The topological polar surface area (TPSA) is 66.8 Å². The van der Waals surface area contributed by atoms with Gasteiger partial charge in [0, 0.05) is 17.3 Å². The van der Waals surface area contributed by atoms with Crippen LogP contribution in [0.3, 0.4) is 0 Å². The van der Waals surface area contributed by atoms with Crippen molar-refractivity contribution in [1.29, 1.82) is 0 Å². The van der Waals surface area contributed by atoms with Crippen LogP contribution in [-0.2, 0) is 9.59 Å². The van der Waals surface area contributed by atoms with Crippen LogP contribution in [0.5, 0.6) is 5.75 Å². The Bertz CT molecular complexity index is 1250. The van der Waals surface area contributed by atoms with Crippen LogP contribution in [0.25, 0.3) is 5.76 Å². The highest BCUT2D eigenvalue weighted by molar-refractivity contribution is 6.51. The number of benzene rings is 3. The number of methoxy groups -OCH3 is 1. The van der Waals surface area contributed by atoms with Crippen molar-refractivity contribution in [2.75, 3.05) is 12.0 Å². The van der Waals surface area contributed by atoms with Crippen molar-refractivity contribution in [2.24, 2.45) is 0 Å². The summed E-state index contributed by atoms with van der Waals surface area (Å²) >= 11 is 0. The van der Waals surface area contributed by atoms with Gasteiger partial charge in [0.15, 0.2) is 11.6 Å². The first-order valence-electron chi connectivity index (χ1n) is 9.79. The van der Waals surface area contributed by atoms with Crippen molar-refractivity contribution in [3.8, 4) is 5.75 Å². The fourth-order valence-electron chi connectivity index (χ4n) is 3.79. The van der Waals surface area contributed by atoms with Gasteiger partial charge in [-0.05, 0) is 48.9 Å². The molecule has 0 aliphatic carbocycles. The summed E-state index contributed by atoms with van der Waals surface area (Å²) < 4.78 is 32.6. The third kappa shape index (κ3) is 3.62. The second-order valence-corrected chi connectivity index (χ2v) is 7.41. The number of aliphatic hydroxyl groups excluding tert-OH is 1. The number of aryl methyl sites for hydroxylation is 1. The zero-order valence-corrected chi connectivity index (χ0v) is 17.3. The van der Waals surface area contributed by atoms with Crippen LogP contribution in [0, 0.1) is 18.6 Å². The molecule has 1 unspecified atom stereocenters. The van der Waals surface area contributed by atoms with Crippen LogP contribution < -0.4 is 9.64 Å². The van der Waals surface area contributed by atoms with Crippen molar-refractivity contribution in [2.45, 2.75) is 13.0 Å². The molecule has 0 radical (unpaired) electrons. The predicted octanol–water partition coefficient (Wildman–Crippen LogP) is 4.91. The summed E-state index contributed by atoms with van der Waals surface area (Å²) in [6, 6.07) is 15.4. The van der Waals surface area contributed by atoms with E-state index in [1.165, 1.54) is 13.2 Å². The maximum atomic E-state index is 14.0. The number of rotatable bonds is 4. The van der Waals surface area contributed by atoms with Gasteiger partial charge in [0.1, 0.15) is 11.5 Å². The summed E-state index contributed by atoms with van der Waals surface area (Å²) in [6.45, 7) is 1.84. The number of Topliss-reactive ketones (excluding diaryl/α,β-unsaturated/α-hetero) is 1. The molecule has 1 amide bonds. The maximum Gasteiger partial charge on any atom is 0.300 e. The van der Waals surface area contributed by atoms with Gasteiger partial charge in [0.2, 0.25) is 0 Å². The van der Waals surface area contributed by atoms with Gasteiger partial charge in [0.05, 0.1) is 18.7 Å². The van der Waals surface area contributed by atoms with E-state index in [-0.39, 0.29) is 17.0 Å². The molecule has 1 atom stereocenters. The van der Waals surface area contributed by atoms with E-state index in [1.54, 1.807) is 42.5 Å². The van der Waals surface area contributed by atoms with Gasteiger partial charge in [-0.1, -0.05) is 29.8 Å². The van der Waals surface area contributed by atoms with Crippen LogP contribution in [-0.4, -0.2) is 23.9 Å². The van der Waals surface area contributed by atoms with Crippen LogP contribution in [0.15, 0.2) is 72.3 Å². The summed E-state index contributed by atoms with van der Waals surface area (Å²) in [6.07, 6.45) is 0. The van der Waals surface area contributed by atoms with Gasteiger partial charge in [-0.2, -0.15) is 0 Å². The first-order valence-corrected chi connectivity index (χ1v) is 9.79. The number of hydrogen-bond donors (Lipinski definition) is 1. The number of aliphatic hydroxyl groups is 1. The zero-order valence-electron chi connectivity index (χ0n) is 17.3. The average Bonchev–Trinajstić information content (AvgIpc) is 3.06. The molecular weight excluding hydrogens is 416 g/mol. The Balaban J connectivity index is 1.94. The van der Waals surface area contributed by atoms with E-state index in [0.717, 1.165) is 22.6 Å². The van der Waals surface area contributed by atoms with Gasteiger partial charge in [-0.25, -0.2) is 8.78 Å². The van der Waals surface area contributed by atoms with E-state index in [4.69, 9.17) is 4.74 Å². The normalized spacial score (nSPS) is 17.6. The number of amides is 1. The molecule has 1 aliphatic rings. The van der Waals surface area contributed by atoms with E-state index >= 15 is 0 Å². The standard InChI is InChI=1S/C25H19F2NO4/c1-14-4-3-5-16(12-14)22-21(23(29)15-6-9-18(32-2)10-7-15)24(30)25(31)28(22)17-8-11-19(26)20(27)13-17/h3-13,22,29H,1-2H3/b23-21+. The van der Waals surface area contributed by atoms with Crippen molar-refractivity contribution in [1.82, 2.24) is 0 Å². The number of carbonyl (C=O) groups excluding carboxylic acids is 2. The fraction of sp³-hybridized carbons (Fsp3) is 0.120. The largest absolute Gasteiger partial charge is 0.507 e. The minimum Gasteiger partial charge on any atom is -0.507 e. The summed E-state index contributed by atoms with van der Waals surface area (Å²) in [7, 11) is 1.50. The number of halogens is 2. The SMILES string of the molecule is COc1ccc(/C(O)=C2\C(=O)C(=O)N(c3ccc(F)c(F)c3)C2c2cccc(C)c2)cc1. The molecule has 0 saturated carbocycles. The van der Waals surface area contributed by atoms with E-state index in [9.17, 15) is 23.5 Å². The van der Waals surface area contributed by atoms with Crippen molar-refractivity contribution >= 4 is 23.1 Å². The Kier molecular flexibility index (Phi) is 5.48. The number of carbonyl (C=O) groups is 2. The highest BCUT2D eigenvalue weighted by Gasteiger charge is 2.47. The molecule has 1 aliphatic heterocycles. The molecule has 7 heteroatoms. The lowest BCUT2D eigenvalue weighted by Crippen LogP contribution is -2.29. The molecule has 32 heavy (non-hydrogen) atoms. The number of ketones is 1. The quantitative estimate of drug-likeness (QED) is 0.359. The molecule has 1 fully saturated rings. The van der Waals surface area contributed by atoms with Crippen molar-refractivity contribution in [3.63, 3.8) is 0 Å². The lowest BCUT2D eigenvalue weighted by atomic mass is 9.94. The molecule has 3 aromatic carbocycles. The monoisotopic (exact) mass is 435 g/mol. The van der Waals surface area contributed by atoms with E-state index in [0.29, 0.717) is 16.9 Å². The molecular formula is C25H19F2NO4. The van der Waals surface area contributed by atoms with Crippen molar-refractivity contribution in [3.05, 3.63) is 101 Å². The Labute approximate surface area is 183 Å². The number of ether oxygens (including phenoxy) is 1. The molecule has 1 heterocycles. The van der Waals surface area contributed by atoms with Crippen molar-refractivity contribution < 1.29 is 28.2 Å². The molecule has 3 aromatic rings. The smallest absolute Gasteiger partial charge is 0.300 e. The Morgan fingerprint density at radius 2 is 1.69 bits per heavy atom. The second kappa shape index (κ2) is 8.26. The Morgan fingerprint density at radius 1 is 0.969 bits per heavy atom. The van der Waals surface area contributed by atoms with E-state index in [1.807, 2.05) is 13.0 Å². The molecule has 1 N–H and O–H groups in total. The van der Waals surface area contributed by atoms with Gasteiger partial charge in [-0.15, -0.1) is 0 Å².